The van der Waals surface area contributed by atoms with E-state index in [1.165, 1.54) is 11.1 Å². The molecule has 3 heterocycles. The summed E-state index contributed by atoms with van der Waals surface area (Å²) in [7, 11) is 3.40. The summed E-state index contributed by atoms with van der Waals surface area (Å²) in [6.07, 6.45) is 0.416. The highest BCUT2D eigenvalue weighted by atomic mass is 19.1. The molecule has 1 fully saturated rings. The van der Waals surface area contributed by atoms with Crippen LogP contribution in [0.3, 0.4) is 0 Å². The Kier molecular flexibility index (Phi) is 7.76. The fourth-order valence-corrected chi connectivity index (χ4v) is 4.93. The van der Waals surface area contributed by atoms with Gasteiger partial charge in [0, 0.05) is 25.5 Å². The molecule has 4 N–H and O–H groups in total. The van der Waals surface area contributed by atoms with E-state index in [0.29, 0.717) is 13.0 Å². The molecule has 3 amide bonds. The number of nitrogens with zero attached hydrogens (tertiary/aromatic N) is 4. The Morgan fingerprint density at radius 2 is 2.07 bits per heavy atom. The van der Waals surface area contributed by atoms with Gasteiger partial charge in [0.15, 0.2) is 18.2 Å². The predicted octanol–water partition coefficient (Wildman–Crippen LogP) is 0.809. The highest BCUT2D eigenvalue weighted by molar-refractivity contribution is 5.95. The second kappa shape index (κ2) is 11.1. The molecule has 41 heavy (non-hydrogen) atoms. The van der Waals surface area contributed by atoms with Crippen molar-refractivity contribution in [2.75, 3.05) is 55.9 Å². The normalized spacial score (nSPS) is 22.1. The Balaban J connectivity index is 1.14. The fourth-order valence-electron chi connectivity index (χ4n) is 4.93. The molecule has 3 aliphatic rings. The van der Waals surface area contributed by atoms with Gasteiger partial charge in [0.2, 0.25) is 5.91 Å². The van der Waals surface area contributed by atoms with Crippen molar-refractivity contribution in [3.63, 3.8) is 0 Å². The Hall–Kier alpha value is -3.95. The van der Waals surface area contributed by atoms with E-state index in [-0.39, 0.29) is 72.8 Å². The Labute approximate surface area is 234 Å². The summed E-state index contributed by atoms with van der Waals surface area (Å²) in [5.74, 6) is -1.83. The lowest BCUT2D eigenvalue weighted by Crippen LogP contribution is -2.42. The molecule has 0 spiro atoms. The Morgan fingerprint density at radius 1 is 1.32 bits per heavy atom. The monoisotopic (exact) mass is 575 g/mol. The highest BCUT2D eigenvalue weighted by Gasteiger charge is 2.40. The van der Waals surface area contributed by atoms with Crippen LogP contribution in [0.1, 0.15) is 24.5 Å². The van der Waals surface area contributed by atoms with Gasteiger partial charge < -0.3 is 30.5 Å². The molecular formula is C26H31F2N7O6. The van der Waals surface area contributed by atoms with E-state index in [0.717, 1.165) is 6.07 Å². The van der Waals surface area contributed by atoms with Crippen LogP contribution in [0.2, 0.25) is 0 Å². The third-order valence-electron chi connectivity index (χ3n) is 7.42. The van der Waals surface area contributed by atoms with Crippen LogP contribution in [0.25, 0.3) is 0 Å². The highest BCUT2D eigenvalue weighted by Crippen LogP contribution is 2.37. The average molecular weight is 576 g/mol. The standard InChI is InChI=1S/C26H31F2N7O6/c1-13(34(2)3)23(37)31-18-6-17(27)15-7-26(39,8-16(15)21(18)28)12-29-5-4-14-10-35(25(38)41-14)19-9-30-24-22(32-19)33-20(36)11-40-24/h6,9,13-14,29,39H,4-5,7-8,10-12H2,1-3H3,(H,31,37)(H,32,33,36)/t13-,14?,26?/m1/s1. The van der Waals surface area contributed by atoms with Gasteiger partial charge in [-0.2, -0.15) is 0 Å². The quantitative estimate of drug-likeness (QED) is 0.315. The van der Waals surface area contributed by atoms with Crippen LogP contribution in [0.5, 0.6) is 5.88 Å². The van der Waals surface area contributed by atoms with Crippen LogP contribution in [-0.2, 0) is 27.2 Å². The first-order valence-corrected chi connectivity index (χ1v) is 13.1. The largest absolute Gasteiger partial charge is 0.465 e. The number of rotatable bonds is 9. The summed E-state index contributed by atoms with van der Waals surface area (Å²) in [5, 5.41) is 19.2. The number of aliphatic hydroxyl groups is 1. The van der Waals surface area contributed by atoms with Crippen LogP contribution in [-0.4, -0.2) is 96.0 Å². The average Bonchev–Trinajstić information content (AvgIpc) is 3.48. The summed E-state index contributed by atoms with van der Waals surface area (Å²) in [5.41, 5.74) is -1.58. The topological polar surface area (TPSA) is 158 Å². The van der Waals surface area contributed by atoms with Gasteiger partial charge in [0.1, 0.15) is 17.7 Å². The van der Waals surface area contributed by atoms with Crippen LogP contribution in [0.15, 0.2) is 12.3 Å². The van der Waals surface area contributed by atoms with Gasteiger partial charge in [-0.3, -0.25) is 19.4 Å². The van der Waals surface area contributed by atoms with Gasteiger partial charge in [0.05, 0.1) is 30.1 Å². The first kappa shape index (κ1) is 28.6. The lowest BCUT2D eigenvalue weighted by atomic mass is 10.0. The SMILES string of the molecule is C[C@H](C(=O)Nc1cc(F)c2c(c1F)CC(O)(CNCCC1CN(c3cnc4c(n3)NC(=O)CO4)C(=O)O1)C2)N(C)C. The lowest BCUT2D eigenvalue weighted by Gasteiger charge is -2.23. The second-order valence-corrected chi connectivity index (χ2v) is 10.7. The summed E-state index contributed by atoms with van der Waals surface area (Å²) < 4.78 is 40.7. The summed E-state index contributed by atoms with van der Waals surface area (Å²) in [6, 6.07) is 0.392. The Bertz CT molecular complexity index is 1390. The zero-order valence-electron chi connectivity index (χ0n) is 22.8. The maximum absolute atomic E-state index is 15.2. The number of hydrogen-bond donors (Lipinski definition) is 4. The van der Waals surface area contributed by atoms with E-state index >= 15 is 4.39 Å². The maximum atomic E-state index is 15.2. The van der Waals surface area contributed by atoms with Crippen molar-refractivity contribution < 1.29 is 37.7 Å². The predicted molar refractivity (Wildman–Crippen MR) is 142 cm³/mol. The molecule has 1 aliphatic carbocycles. The van der Waals surface area contributed by atoms with Gasteiger partial charge in [0.25, 0.3) is 11.8 Å². The minimum Gasteiger partial charge on any atom is -0.465 e. The molecule has 0 saturated carbocycles. The van der Waals surface area contributed by atoms with Crippen molar-refractivity contribution >= 4 is 35.2 Å². The van der Waals surface area contributed by atoms with E-state index < -0.39 is 41.4 Å². The van der Waals surface area contributed by atoms with Crippen molar-refractivity contribution in [1.82, 2.24) is 20.2 Å². The van der Waals surface area contributed by atoms with Gasteiger partial charge in [-0.15, -0.1) is 0 Å². The van der Waals surface area contributed by atoms with Gasteiger partial charge >= 0.3 is 6.09 Å². The summed E-state index contributed by atoms with van der Waals surface area (Å²) >= 11 is 0. The molecule has 5 rings (SSSR count). The molecule has 1 aromatic carbocycles. The number of hydrogen-bond acceptors (Lipinski definition) is 10. The molecule has 220 valence electrons. The van der Waals surface area contributed by atoms with Gasteiger partial charge in [-0.1, -0.05) is 0 Å². The molecule has 3 atom stereocenters. The van der Waals surface area contributed by atoms with E-state index in [1.54, 1.807) is 25.9 Å². The molecule has 2 unspecified atom stereocenters. The smallest absolute Gasteiger partial charge is 0.415 e. The lowest BCUT2D eigenvalue weighted by molar-refractivity contribution is -0.120. The molecule has 1 saturated heterocycles. The van der Waals surface area contributed by atoms with Gasteiger partial charge in [-0.05, 0) is 45.1 Å². The number of nitrogens with one attached hydrogen (secondary N) is 3. The minimum atomic E-state index is -1.44. The molecule has 0 bridgehead atoms. The van der Waals surface area contributed by atoms with E-state index in [9.17, 15) is 23.9 Å². The number of fused-ring (bicyclic) bond motifs is 2. The first-order chi connectivity index (χ1) is 19.4. The molecule has 15 heteroatoms. The number of cyclic esters (lactones) is 1. The molecule has 2 aromatic rings. The summed E-state index contributed by atoms with van der Waals surface area (Å²) in [6.45, 7) is 2.06. The van der Waals surface area contributed by atoms with Crippen LogP contribution >= 0.6 is 0 Å². The fraction of sp³-hybridized carbons (Fsp3) is 0.500. The van der Waals surface area contributed by atoms with Gasteiger partial charge in [-0.25, -0.2) is 23.5 Å². The van der Waals surface area contributed by atoms with Crippen molar-refractivity contribution in [1.29, 1.82) is 0 Å². The number of likely N-dealkylation sites (N-methyl/N-ethyl adjacent to an activating group) is 1. The molecule has 13 nitrogen and oxygen atoms in total. The van der Waals surface area contributed by atoms with Crippen molar-refractivity contribution in [3.8, 4) is 5.88 Å². The van der Waals surface area contributed by atoms with Crippen LogP contribution in [0.4, 0.5) is 30.9 Å². The van der Waals surface area contributed by atoms with Crippen molar-refractivity contribution in [3.05, 3.63) is 35.0 Å². The number of anilines is 3. The maximum Gasteiger partial charge on any atom is 0.415 e. The van der Waals surface area contributed by atoms with E-state index in [2.05, 4.69) is 25.9 Å². The van der Waals surface area contributed by atoms with Crippen molar-refractivity contribution in [2.45, 2.75) is 43.9 Å². The van der Waals surface area contributed by atoms with E-state index in [4.69, 9.17) is 9.47 Å². The molecule has 0 radical (unpaired) electrons. The third kappa shape index (κ3) is 5.92. The zero-order valence-corrected chi connectivity index (χ0v) is 22.8. The van der Waals surface area contributed by atoms with Crippen molar-refractivity contribution in [2.24, 2.45) is 0 Å². The molecular weight excluding hydrogens is 544 g/mol. The van der Waals surface area contributed by atoms with E-state index in [1.807, 2.05) is 0 Å². The number of aromatic nitrogens is 2. The summed E-state index contributed by atoms with van der Waals surface area (Å²) in [4.78, 5) is 47.6. The number of halogens is 2. The molecule has 2 aliphatic heterocycles. The number of carbonyl (C=O) groups is 3. The number of benzene rings is 1. The number of ether oxygens (including phenoxy) is 2. The third-order valence-corrected chi connectivity index (χ3v) is 7.42. The minimum absolute atomic E-state index is 0.0372. The van der Waals surface area contributed by atoms with Crippen LogP contribution in [0, 0.1) is 11.6 Å². The Morgan fingerprint density at radius 3 is 2.83 bits per heavy atom. The first-order valence-electron chi connectivity index (χ1n) is 13.1. The molecule has 1 aromatic heterocycles. The second-order valence-electron chi connectivity index (χ2n) is 10.7. The zero-order chi connectivity index (χ0) is 29.5. The number of carbonyl (C=O) groups excluding carboxylic acids is 3. The van der Waals surface area contributed by atoms with Crippen LogP contribution < -0.4 is 25.6 Å². The number of amides is 3.